The molecule has 0 radical (unpaired) electrons. The first kappa shape index (κ1) is 23.2. The predicted molar refractivity (Wildman–Crippen MR) is 93.9 cm³/mol. The summed E-state index contributed by atoms with van der Waals surface area (Å²) in [6.07, 6.45) is -0.720. The highest BCUT2D eigenvalue weighted by molar-refractivity contribution is 7.86. The first-order valence-corrected chi connectivity index (χ1v) is 9.24. The highest BCUT2D eigenvalue weighted by Crippen LogP contribution is 2.15. The molecule has 1 aromatic carbocycles. The SMILES string of the molecule is CC(C)(C)OC(=O)NC(O)Cc1ccc(OS(C)(=O)=O)cc1.COC. The monoisotopic (exact) mass is 377 g/mol. The van der Waals surface area contributed by atoms with Crippen LogP contribution in [0.1, 0.15) is 26.3 Å². The summed E-state index contributed by atoms with van der Waals surface area (Å²) < 4.78 is 35.9. The maximum absolute atomic E-state index is 11.5. The largest absolute Gasteiger partial charge is 0.444 e. The van der Waals surface area contributed by atoms with E-state index in [2.05, 4.69) is 10.1 Å². The van der Waals surface area contributed by atoms with Gasteiger partial charge in [-0.3, -0.25) is 5.32 Å². The van der Waals surface area contributed by atoms with E-state index >= 15 is 0 Å². The van der Waals surface area contributed by atoms with Crippen LogP contribution in [0.4, 0.5) is 4.79 Å². The second-order valence-corrected chi connectivity index (χ2v) is 7.78. The Balaban J connectivity index is 0.00000178. The van der Waals surface area contributed by atoms with Crippen LogP contribution in [0.2, 0.25) is 0 Å². The van der Waals surface area contributed by atoms with Crippen molar-refractivity contribution in [2.24, 2.45) is 0 Å². The average molecular weight is 377 g/mol. The molecule has 0 heterocycles. The molecule has 0 aromatic heterocycles. The molecule has 144 valence electrons. The summed E-state index contributed by atoms with van der Waals surface area (Å²) in [6, 6.07) is 6.13. The Morgan fingerprint density at radius 2 is 1.68 bits per heavy atom. The molecule has 1 aromatic rings. The van der Waals surface area contributed by atoms with E-state index in [1.54, 1.807) is 47.1 Å². The van der Waals surface area contributed by atoms with Crippen LogP contribution in [-0.4, -0.2) is 51.9 Å². The van der Waals surface area contributed by atoms with E-state index < -0.39 is 28.0 Å². The van der Waals surface area contributed by atoms with Crippen LogP contribution in [0.5, 0.6) is 5.75 Å². The molecule has 1 atom stereocenters. The number of hydrogen-bond acceptors (Lipinski definition) is 7. The summed E-state index contributed by atoms with van der Waals surface area (Å²) >= 11 is 0. The molecule has 0 saturated carbocycles. The predicted octanol–water partition coefficient (Wildman–Crippen LogP) is 1.67. The van der Waals surface area contributed by atoms with E-state index in [9.17, 15) is 18.3 Å². The number of aliphatic hydroxyl groups is 1. The fraction of sp³-hybridized carbons (Fsp3) is 0.562. The lowest BCUT2D eigenvalue weighted by atomic mass is 10.1. The molecular weight excluding hydrogens is 350 g/mol. The van der Waals surface area contributed by atoms with Crippen molar-refractivity contribution in [1.82, 2.24) is 5.32 Å². The van der Waals surface area contributed by atoms with Gasteiger partial charge in [-0.1, -0.05) is 12.1 Å². The van der Waals surface area contributed by atoms with Crippen molar-refractivity contribution in [2.45, 2.75) is 39.0 Å². The van der Waals surface area contributed by atoms with Crippen molar-refractivity contribution >= 4 is 16.2 Å². The topological polar surface area (TPSA) is 111 Å². The molecule has 0 aliphatic carbocycles. The lowest BCUT2D eigenvalue weighted by Gasteiger charge is -2.21. The second kappa shape index (κ2) is 10.2. The molecule has 1 rings (SSSR count). The molecule has 0 aliphatic heterocycles. The van der Waals surface area contributed by atoms with Crippen LogP contribution in [0, 0.1) is 0 Å². The third-order valence-corrected chi connectivity index (χ3v) is 2.78. The summed E-state index contributed by atoms with van der Waals surface area (Å²) in [4.78, 5) is 11.5. The van der Waals surface area contributed by atoms with Gasteiger partial charge in [0, 0.05) is 20.6 Å². The third-order valence-electron chi connectivity index (χ3n) is 2.28. The first-order chi connectivity index (χ1) is 11.4. The van der Waals surface area contributed by atoms with Crippen LogP contribution >= 0.6 is 0 Å². The van der Waals surface area contributed by atoms with Crippen molar-refractivity contribution in [3.05, 3.63) is 29.8 Å². The van der Waals surface area contributed by atoms with Gasteiger partial charge in [0.05, 0.1) is 6.26 Å². The maximum atomic E-state index is 11.5. The molecule has 0 fully saturated rings. The number of nitrogens with one attached hydrogen (secondary N) is 1. The van der Waals surface area contributed by atoms with Gasteiger partial charge in [0.2, 0.25) is 0 Å². The Bertz CT molecular complexity index is 621. The van der Waals surface area contributed by atoms with Crippen LogP contribution in [0.15, 0.2) is 24.3 Å². The molecule has 0 spiro atoms. The minimum Gasteiger partial charge on any atom is -0.444 e. The van der Waals surface area contributed by atoms with Gasteiger partial charge < -0.3 is 18.8 Å². The van der Waals surface area contributed by atoms with Crippen molar-refractivity contribution in [3.63, 3.8) is 0 Å². The van der Waals surface area contributed by atoms with Gasteiger partial charge >= 0.3 is 16.2 Å². The van der Waals surface area contributed by atoms with Crippen molar-refractivity contribution in [2.75, 3.05) is 20.5 Å². The van der Waals surface area contributed by atoms with Crippen LogP contribution in [0.25, 0.3) is 0 Å². The Morgan fingerprint density at radius 3 is 2.08 bits per heavy atom. The molecule has 1 unspecified atom stereocenters. The zero-order chi connectivity index (χ0) is 19.7. The van der Waals surface area contributed by atoms with Gasteiger partial charge in [0.25, 0.3) is 0 Å². The molecule has 0 bridgehead atoms. The summed E-state index contributed by atoms with van der Waals surface area (Å²) in [6.45, 7) is 5.17. The molecule has 9 heteroatoms. The third kappa shape index (κ3) is 13.2. The highest BCUT2D eigenvalue weighted by Gasteiger charge is 2.18. The number of benzene rings is 1. The van der Waals surface area contributed by atoms with Gasteiger partial charge in [-0.15, -0.1) is 0 Å². The number of alkyl carbamates (subject to hydrolysis) is 1. The van der Waals surface area contributed by atoms with E-state index in [1.807, 2.05) is 0 Å². The summed E-state index contributed by atoms with van der Waals surface area (Å²) in [7, 11) is -0.319. The fourth-order valence-corrected chi connectivity index (χ4v) is 2.03. The number of ether oxygens (including phenoxy) is 2. The molecule has 0 saturated heterocycles. The molecule has 8 nitrogen and oxygen atoms in total. The summed E-state index contributed by atoms with van der Waals surface area (Å²) in [5.41, 5.74) is 0.0541. The minimum absolute atomic E-state index is 0.151. The molecular formula is C16H27NO7S. The van der Waals surface area contributed by atoms with E-state index in [0.717, 1.165) is 6.26 Å². The average Bonchev–Trinajstić information content (AvgIpc) is 2.37. The number of carbonyl (C=O) groups is 1. The number of carbonyl (C=O) groups excluding carboxylic acids is 1. The Morgan fingerprint density at radius 1 is 1.20 bits per heavy atom. The van der Waals surface area contributed by atoms with Gasteiger partial charge in [0.1, 0.15) is 17.6 Å². The Kier molecular flexibility index (Phi) is 9.47. The van der Waals surface area contributed by atoms with Crippen LogP contribution < -0.4 is 9.50 Å². The number of rotatable bonds is 5. The fourth-order valence-electron chi connectivity index (χ4n) is 1.57. The maximum Gasteiger partial charge on any atom is 0.409 e. The minimum atomic E-state index is -3.57. The standard InChI is InChI=1S/C14H21NO6S.C2H6O/c1-14(2,3)20-13(17)15-12(16)9-10-5-7-11(8-6-10)21-22(4,18)19;1-3-2/h5-8,12,16H,9H2,1-4H3,(H,15,17);1-2H3. The van der Waals surface area contributed by atoms with Crippen LogP contribution in [0.3, 0.4) is 0 Å². The van der Waals surface area contributed by atoms with Gasteiger partial charge in [-0.25, -0.2) is 4.79 Å². The summed E-state index contributed by atoms with van der Waals surface area (Å²) in [5.74, 6) is 0.181. The number of methoxy groups -OCH3 is 1. The lowest BCUT2D eigenvalue weighted by molar-refractivity contribution is 0.0359. The van der Waals surface area contributed by atoms with Gasteiger partial charge in [-0.05, 0) is 38.5 Å². The Labute approximate surface area is 149 Å². The number of aliphatic hydroxyl groups excluding tert-OH is 1. The molecule has 25 heavy (non-hydrogen) atoms. The number of hydrogen-bond donors (Lipinski definition) is 2. The van der Waals surface area contributed by atoms with Crippen molar-refractivity contribution in [3.8, 4) is 5.75 Å². The van der Waals surface area contributed by atoms with Gasteiger partial charge in [0.15, 0.2) is 0 Å². The van der Waals surface area contributed by atoms with Crippen molar-refractivity contribution in [1.29, 1.82) is 0 Å². The molecule has 1 amide bonds. The van der Waals surface area contributed by atoms with E-state index in [0.29, 0.717) is 5.56 Å². The highest BCUT2D eigenvalue weighted by atomic mass is 32.2. The number of amides is 1. The lowest BCUT2D eigenvalue weighted by Crippen LogP contribution is -2.40. The quantitative estimate of drug-likeness (QED) is 0.593. The van der Waals surface area contributed by atoms with E-state index in [-0.39, 0.29) is 12.2 Å². The normalized spacial score (nSPS) is 12.4. The van der Waals surface area contributed by atoms with Crippen LogP contribution in [-0.2, 0) is 26.0 Å². The first-order valence-electron chi connectivity index (χ1n) is 7.42. The molecule has 0 aliphatic rings. The smallest absolute Gasteiger partial charge is 0.409 e. The van der Waals surface area contributed by atoms with E-state index in [1.165, 1.54) is 12.1 Å². The zero-order valence-electron chi connectivity index (χ0n) is 15.4. The summed E-state index contributed by atoms with van der Waals surface area (Å²) in [5, 5.41) is 12.1. The zero-order valence-corrected chi connectivity index (χ0v) is 16.2. The van der Waals surface area contributed by atoms with E-state index in [4.69, 9.17) is 8.92 Å². The second-order valence-electron chi connectivity index (χ2n) is 6.21. The molecule has 2 N–H and O–H groups in total. The van der Waals surface area contributed by atoms with Gasteiger partial charge in [-0.2, -0.15) is 8.42 Å². The Hall–Kier alpha value is -1.84. The van der Waals surface area contributed by atoms with Crippen molar-refractivity contribution < 1.29 is 32.0 Å².